The standard InChI is InChI=1S/C87H67I/c1-38-16-43(6)71(44(7)17-38)53-26-59-61-28-54(72-45(8)18-39(2)19-46(72)9)30-63-65-32-56(74-49(12)22-41(4)23-50(74)13)34-67-69-36-58(88)37-70-68-35-57(75-51(14)24-42(5)25-52(75)15)33-66-64-31-55(73-47(10)20-40(3)21-48(73)11)29-62-60(27-53)76(59)82-83(77(61)63)85(79(65)67)87(81(69)70)86(80(66)68)84(82)78(62)64/h16-37H,1-15H3. The van der Waals surface area contributed by atoms with E-state index in [0.717, 1.165) is 0 Å². The van der Waals surface area contributed by atoms with Crippen LogP contribution in [0.1, 0.15) is 83.5 Å². The second kappa shape index (κ2) is 17.6. The van der Waals surface area contributed by atoms with Crippen molar-refractivity contribution >= 4 is 152 Å². The first kappa shape index (κ1) is 52.5. The largest absolute Gasteiger partial charge is 0.0557 e. The van der Waals surface area contributed by atoms with Gasteiger partial charge < -0.3 is 0 Å². The second-order valence-corrected chi connectivity index (χ2v) is 29.0. The number of halogens is 1. The van der Waals surface area contributed by atoms with Crippen LogP contribution in [0.15, 0.2) is 133 Å². The van der Waals surface area contributed by atoms with Crippen molar-refractivity contribution in [2.24, 2.45) is 0 Å². The molecule has 0 aliphatic heterocycles. The van der Waals surface area contributed by atoms with Crippen molar-refractivity contribution in [3.8, 4) is 55.6 Å². The van der Waals surface area contributed by atoms with Crippen LogP contribution >= 0.6 is 22.6 Å². The maximum Gasteiger partial charge on any atom is 0.0143 e. The Balaban J connectivity index is 1.20. The van der Waals surface area contributed by atoms with Crippen molar-refractivity contribution in [3.05, 3.63) is 220 Å². The lowest BCUT2D eigenvalue weighted by Crippen LogP contribution is -2.02. The Bertz CT molecular complexity index is 5740. The van der Waals surface area contributed by atoms with Crippen LogP contribution in [0.5, 0.6) is 0 Å². The summed E-state index contributed by atoms with van der Waals surface area (Å²) in [7, 11) is 0. The quantitative estimate of drug-likeness (QED) is 0.0915. The molecule has 18 rings (SSSR count). The number of hydrogen-bond acceptors (Lipinski definition) is 0. The summed E-state index contributed by atoms with van der Waals surface area (Å²) in [5, 5.41) is 32.9. The molecule has 0 unspecified atom stereocenters. The van der Waals surface area contributed by atoms with Gasteiger partial charge in [-0.1, -0.05) is 88.5 Å². The Labute approximate surface area is 528 Å². The highest BCUT2D eigenvalue weighted by atomic mass is 127. The lowest BCUT2D eigenvalue weighted by Gasteiger charge is -2.31. The number of rotatable bonds is 5. The maximum atomic E-state index is 2.66. The third-order valence-corrected chi connectivity index (χ3v) is 22.0. The van der Waals surface area contributed by atoms with Gasteiger partial charge in [-0.15, -0.1) is 0 Å². The Kier molecular flexibility index (Phi) is 10.5. The molecule has 0 amide bonds. The van der Waals surface area contributed by atoms with Gasteiger partial charge in [0.25, 0.3) is 0 Å². The predicted molar refractivity (Wildman–Crippen MR) is 395 cm³/mol. The summed E-state index contributed by atoms with van der Waals surface area (Å²) in [6.07, 6.45) is 0. The highest BCUT2D eigenvalue weighted by Crippen LogP contribution is 2.62. The Morgan fingerprint density at radius 3 is 0.420 bits per heavy atom. The monoisotopic (exact) mass is 1240 g/mol. The summed E-state index contributed by atoms with van der Waals surface area (Å²) < 4.78 is 1.26. The van der Waals surface area contributed by atoms with Gasteiger partial charge in [0, 0.05) is 3.57 Å². The van der Waals surface area contributed by atoms with Crippen LogP contribution in [0, 0.1) is 107 Å². The van der Waals surface area contributed by atoms with E-state index in [2.05, 4.69) is 260 Å². The van der Waals surface area contributed by atoms with E-state index >= 15 is 0 Å². The highest BCUT2D eigenvalue weighted by molar-refractivity contribution is 14.1. The van der Waals surface area contributed by atoms with Gasteiger partial charge in [0.1, 0.15) is 0 Å². The van der Waals surface area contributed by atoms with E-state index in [1.54, 1.807) is 0 Å². The van der Waals surface area contributed by atoms with Crippen LogP contribution in [0.4, 0.5) is 0 Å². The lowest BCUT2D eigenvalue weighted by molar-refractivity contribution is 1.32. The van der Waals surface area contributed by atoms with Gasteiger partial charge >= 0.3 is 0 Å². The summed E-state index contributed by atoms with van der Waals surface area (Å²) in [6, 6.07) is 55.3. The van der Waals surface area contributed by atoms with Gasteiger partial charge in [-0.2, -0.15) is 0 Å². The first-order valence-electron chi connectivity index (χ1n) is 31.6. The van der Waals surface area contributed by atoms with Crippen molar-refractivity contribution < 1.29 is 0 Å². The zero-order valence-electron chi connectivity index (χ0n) is 53.1. The zero-order valence-corrected chi connectivity index (χ0v) is 55.2. The molecular weight excluding hydrogens is 1170 g/mol. The average molecular weight is 1240 g/mol. The van der Waals surface area contributed by atoms with Gasteiger partial charge in [-0.05, 0) is 440 Å². The molecule has 18 aromatic rings. The molecule has 0 atom stereocenters. The van der Waals surface area contributed by atoms with Crippen LogP contribution in [-0.4, -0.2) is 0 Å². The van der Waals surface area contributed by atoms with Crippen molar-refractivity contribution in [3.63, 3.8) is 0 Å². The first-order valence-corrected chi connectivity index (χ1v) is 32.7. The highest BCUT2D eigenvalue weighted by Gasteiger charge is 2.34. The fourth-order valence-corrected chi connectivity index (χ4v) is 19.8. The molecule has 0 saturated heterocycles. The molecule has 422 valence electrons. The number of aryl methyl sites for hydroxylation is 15. The average Bonchev–Trinajstić information content (AvgIpc) is 0.643. The van der Waals surface area contributed by atoms with E-state index in [9.17, 15) is 0 Å². The molecule has 88 heavy (non-hydrogen) atoms. The molecule has 0 spiro atoms. The molecule has 1 heteroatoms. The molecule has 0 aromatic heterocycles. The predicted octanol–water partition coefficient (Wildman–Crippen LogP) is 25.7. The SMILES string of the molecule is Cc1cc(C)c(-c2cc3c4cc(I)cc5c6cc(-c7c(C)cc(C)cc7C)cc7c8cc(-c9c(C)cc(C)cc9C)cc9c%10cc(-c%11c(C)cc(C)cc%11C)cc%11c%12cc(-c%13c(C)cc(C)cc%13C)cc%13c(c2)c3c2c(c45)c(c67)c(c89)c(c%11%10)c2c%13%12)c(C)c1. The normalized spacial score (nSPS) is 12.8. The van der Waals surface area contributed by atoms with Gasteiger partial charge in [0.05, 0.1) is 0 Å². The van der Waals surface area contributed by atoms with Gasteiger partial charge in [0.15, 0.2) is 0 Å². The molecule has 0 saturated carbocycles. The van der Waals surface area contributed by atoms with E-state index < -0.39 is 0 Å². The molecule has 0 heterocycles. The summed E-state index contributed by atoms with van der Waals surface area (Å²) in [6.45, 7) is 34.6. The number of fused-ring (bicyclic) bond motifs is 6. The molecule has 0 aliphatic rings. The van der Waals surface area contributed by atoms with Gasteiger partial charge in [-0.3, -0.25) is 0 Å². The van der Waals surface area contributed by atoms with Crippen LogP contribution in [0.3, 0.4) is 0 Å². The first-order chi connectivity index (χ1) is 42.2. The minimum Gasteiger partial charge on any atom is -0.0557 e. The Morgan fingerprint density at radius 2 is 0.284 bits per heavy atom. The second-order valence-electron chi connectivity index (χ2n) is 27.7. The van der Waals surface area contributed by atoms with Crippen molar-refractivity contribution in [1.82, 2.24) is 0 Å². The van der Waals surface area contributed by atoms with E-state index in [-0.39, 0.29) is 0 Å². The summed E-state index contributed by atoms with van der Waals surface area (Å²) in [5.41, 5.74) is 32.8. The van der Waals surface area contributed by atoms with E-state index in [0.29, 0.717) is 0 Å². The fraction of sp³-hybridized carbons (Fsp3) is 0.172. The molecule has 0 N–H and O–H groups in total. The molecule has 0 radical (unpaired) electrons. The van der Waals surface area contributed by atoms with E-state index in [1.807, 2.05) is 0 Å². The van der Waals surface area contributed by atoms with Crippen molar-refractivity contribution in [2.45, 2.75) is 104 Å². The topological polar surface area (TPSA) is 0 Å². The van der Waals surface area contributed by atoms with Crippen LogP contribution in [0.2, 0.25) is 0 Å². The minimum atomic E-state index is 1.26. The summed E-state index contributed by atoms with van der Waals surface area (Å²) in [5.74, 6) is 0. The van der Waals surface area contributed by atoms with Crippen molar-refractivity contribution in [2.75, 3.05) is 0 Å². The maximum absolute atomic E-state index is 2.66. The fourth-order valence-electron chi connectivity index (χ4n) is 19.1. The Hall–Kier alpha value is -8.63. The van der Waals surface area contributed by atoms with Crippen molar-refractivity contribution in [1.29, 1.82) is 0 Å². The smallest absolute Gasteiger partial charge is 0.0143 e. The lowest BCUT2D eigenvalue weighted by atomic mass is 9.72. The molecule has 18 aromatic carbocycles. The molecule has 0 aliphatic carbocycles. The number of benzene rings is 18. The van der Waals surface area contributed by atoms with E-state index in [4.69, 9.17) is 0 Å². The third kappa shape index (κ3) is 6.71. The van der Waals surface area contributed by atoms with Crippen LogP contribution < -0.4 is 0 Å². The molecule has 0 bridgehead atoms. The minimum absolute atomic E-state index is 1.26. The van der Waals surface area contributed by atoms with Gasteiger partial charge in [0.2, 0.25) is 0 Å². The van der Waals surface area contributed by atoms with Gasteiger partial charge in [-0.25, -0.2) is 0 Å². The van der Waals surface area contributed by atoms with Crippen LogP contribution in [-0.2, 0) is 0 Å². The van der Waals surface area contributed by atoms with E-state index in [1.165, 1.54) is 272 Å². The molecular formula is C87H67I. The summed E-state index contributed by atoms with van der Waals surface area (Å²) >= 11 is 2.66. The number of hydrogen-bond donors (Lipinski definition) is 0. The zero-order chi connectivity index (χ0) is 60.4. The van der Waals surface area contributed by atoms with Crippen LogP contribution in [0.25, 0.3) is 185 Å². The molecule has 0 fully saturated rings. The molecule has 0 nitrogen and oxygen atoms in total. The Morgan fingerprint density at radius 1 is 0.159 bits per heavy atom. The third-order valence-electron chi connectivity index (χ3n) is 21.4. The summed E-state index contributed by atoms with van der Waals surface area (Å²) in [4.78, 5) is 0.